The van der Waals surface area contributed by atoms with E-state index in [1.165, 1.54) is 6.07 Å². The van der Waals surface area contributed by atoms with E-state index in [1.807, 2.05) is 20.8 Å². The largest absolute Gasteiger partial charge is 0.493 e. The van der Waals surface area contributed by atoms with E-state index in [9.17, 15) is 32.4 Å². The number of likely N-dealkylation sites (tertiary alicyclic amines) is 1. The van der Waals surface area contributed by atoms with E-state index in [0.29, 0.717) is 42.6 Å². The van der Waals surface area contributed by atoms with Crippen molar-refractivity contribution in [2.45, 2.75) is 83.1 Å². The predicted molar refractivity (Wildman–Crippen MR) is 170 cm³/mol. The quantitative estimate of drug-likeness (QED) is 0.235. The van der Waals surface area contributed by atoms with Gasteiger partial charge in [0.15, 0.2) is 5.50 Å². The highest BCUT2D eigenvalue weighted by molar-refractivity contribution is 7.81. The number of hydrogen-bond acceptors (Lipinski definition) is 7. The minimum absolute atomic E-state index is 0.0484. The standard InChI is InChI=1S/C33H40F4N4O4S/c1-31(2,3)45-30(43)39-15-11-21(12-16-39)13-17-44-27-9-8-25(18-22(27)10-14-34)41-29(46)40(28(42)32(41,4)5)24-7-6-23(20-38)26(19-24)33(35,36)37/h6-9,18-19,21,29,46H,10-17H2,1-5H3. The van der Waals surface area contributed by atoms with E-state index in [4.69, 9.17) is 9.47 Å². The zero-order valence-electron chi connectivity index (χ0n) is 26.7. The van der Waals surface area contributed by atoms with E-state index in [1.54, 1.807) is 47.9 Å². The molecule has 250 valence electrons. The Balaban J connectivity index is 1.47. The molecule has 2 aromatic rings. The maximum Gasteiger partial charge on any atom is 0.417 e. The smallest absolute Gasteiger partial charge is 0.417 e. The Kier molecular flexibility index (Phi) is 10.4. The maximum atomic E-state index is 13.7. The summed E-state index contributed by atoms with van der Waals surface area (Å²) in [5, 5.41) is 9.18. The molecule has 0 N–H and O–H groups in total. The number of thiol groups is 1. The second kappa shape index (κ2) is 13.6. The fourth-order valence-corrected chi connectivity index (χ4v) is 6.51. The maximum absolute atomic E-state index is 13.7. The van der Waals surface area contributed by atoms with Gasteiger partial charge in [0.2, 0.25) is 0 Å². The fraction of sp³-hybridized carbons (Fsp3) is 0.545. The highest BCUT2D eigenvalue weighted by Crippen LogP contribution is 2.43. The van der Waals surface area contributed by atoms with Crippen LogP contribution in [0.2, 0.25) is 0 Å². The molecule has 46 heavy (non-hydrogen) atoms. The van der Waals surface area contributed by atoms with Crippen LogP contribution in [0.15, 0.2) is 36.4 Å². The lowest BCUT2D eigenvalue weighted by Gasteiger charge is -2.34. The van der Waals surface area contributed by atoms with Crippen molar-refractivity contribution in [3.05, 3.63) is 53.1 Å². The van der Waals surface area contributed by atoms with Gasteiger partial charge < -0.3 is 19.3 Å². The van der Waals surface area contributed by atoms with Crippen molar-refractivity contribution in [3.8, 4) is 11.8 Å². The van der Waals surface area contributed by atoms with Gasteiger partial charge in [-0.1, -0.05) is 0 Å². The van der Waals surface area contributed by atoms with Gasteiger partial charge in [0, 0.05) is 30.9 Å². The molecule has 4 rings (SSSR count). The third kappa shape index (κ3) is 7.65. The Bertz CT molecular complexity index is 1480. The van der Waals surface area contributed by atoms with Crippen LogP contribution in [0.4, 0.5) is 33.7 Å². The van der Waals surface area contributed by atoms with Crippen LogP contribution in [0, 0.1) is 17.2 Å². The van der Waals surface area contributed by atoms with E-state index in [2.05, 4.69) is 12.6 Å². The molecule has 0 aliphatic carbocycles. The van der Waals surface area contributed by atoms with Crippen LogP contribution < -0.4 is 14.5 Å². The minimum Gasteiger partial charge on any atom is -0.493 e. The van der Waals surface area contributed by atoms with Crippen LogP contribution in [-0.4, -0.2) is 59.9 Å². The summed E-state index contributed by atoms with van der Waals surface area (Å²) in [5.74, 6) is 0.371. The van der Waals surface area contributed by atoms with Crippen LogP contribution in [0.25, 0.3) is 0 Å². The Labute approximate surface area is 272 Å². The fourth-order valence-electron chi connectivity index (χ4n) is 5.85. The van der Waals surface area contributed by atoms with Gasteiger partial charge >= 0.3 is 12.3 Å². The molecule has 0 spiro atoms. The number of amides is 2. The summed E-state index contributed by atoms with van der Waals surface area (Å²) in [5.41, 5.74) is -3.39. The first kappa shape index (κ1) is 35.2. The molecule has 2 heterocycles. The van der Waals surface area contributed by atoms with Gasteiger partial charge in [-0.15, -0.1) is 12.6 Å². The number of nitrogens with zero attached hydrogens (tertiary/aromatic N) is 4. The summed E-state index contributed by atoms with van der Waals surface area (Å²) in [6.07, 6.45) is -2.65. The Hall–Kier alpha value is -3.66. The van der Waals surface area contributed by atoms with Crippen LogP contribution in [-0.2, 0) is 22.1 Å². The van der Waals surface area contributed by atoms with Gasteiger partial charge in [-0.25, -0.2) is 4.79 Å². The van der Waals surface area contributed by atoms with E-state index >= 15 is 0 Å². The highest BCUT2D eigenvalue weighted by Gasteiger charge is 2.51. The van der Waals surface area contributed by atoms with Crippen molar-refractivity contribution in [1.82, 2.24) is 4.90 Å². The second-order valence-corrected chi connectivity index (χ2v) is 13.5. The number of carbonyl (C=O) groups is 2. The molecule has 2 saturated heterocycles. The van der Waals surface area contributed by atoms with Gasteiger partial charge in [0.25, 0.3) is 5.91 Å². The third-order valence-corrected chi connectivity index (χ3v) is 8.71. The number of piperidine rings is 1. The number of nitriles is 1. The van der Waals surface area contributed by atoms with Gasteiger partial charge in [-0.05, 0) is 102 Å². The molecule has 1 unspecified atom stereocenters. The van der Waals surface area contributed by atoms with Crippen molar-refractivity contribution in [1.29, 1.82) is 5.26 Å². The number of rotatable bonds is 8. The lowest BCUT2D eigenvalue weighted by atomic mass is 9.94. The molecule has 2 aliphatic rings. The number of hydrogen-bond donors (Lipinski definition) is 1. The molecular formula is C33H40F4N4O4S. The zero-order valence-corrected chi connectivity index (χ0v) is 27.6. The molecular weight excluding hydrogens is 624 g/mol. The average Bonchev–Trinajstić information content (AvgIpc) is 3.15. The molecule has 2 amide bonds. The summed E-state index contributed by atoms with van der Waals surface area (Å²) < 4.78 is 66.3. The Morgan fingerprint density at radius 3 is 2.33 bits per heavy atom. The summed E-state index contributed by atoms with van der Waals surface area (Å²) >= 11 is 4.65. The van der Waals surface area contributed by atoms with Crippen molar-refractivity contribution in [2.24, 2.45) is 5.92 Å². The Morgan fingerprint density at radius 1 is 1.09 bits per heavy atom. The monoisotopic (exact) mass is 664 g/mol. The third-order valence-electron chi connectivity index (χ3n) is 8.25. The second-order valence-electron chi connectivity index (χ2n) is 13.1. The number of ether oxygens (including phenoxy) is 2. The molecule has 0 saturated carbocycles. The molecule has 8 nitrogen and oxygen atoms in total. The van der Waals surface area contributed by atoms with Crippen molar-refractivity contribution in [2.75, 3.05) is 36.2 Å². The van der Waals surface area contributed by atoms with Crippen molar-refractivity contribution < 1.29 is 36.6 Å². The summed E-state index contributed by atoms with van der Waals surface area (Å²) in [6.45, 7) is 9.75. The lowest BCUT2D eigenvalue weighted by Crippen LogP contribution is -2.45. The first-order valence-corrected chi connectivity index (χ1v) is 15.7. The Morgan fingerprint density at radius 2 is 1.74 bits per heavy atom. The average molecular weight is 665 g/mol. The molecule has 1 atom stereocenters. The normalized spacial score (nSPS) is 18.9. The van der Waals surface area contributed by atoms with Gasteiger partial charge in [-0.3, -0.25) is 14.1 Å². The number of anilines is 2. The molecule has 2 aliphatic heterocycles. The molecule has 0 bridgehead atoms. The van der Waals surface area contributed by atoms with E-state index < -0.39 is 46.5 Å². The van der Waals surface area contributed by atoms with Gasteiger partial charge in [-0.2, -0.15) is 18.4 Å². The first-order valence-electron chi connectivity index (χ1n) is 15.2. The van der Waals surface area contributed by atoms with Gasteiger partial charge in [0.1, 0.15) is 16.9 Å². The summed E-state index contributed by atoms with van der Waals surface area (Å²) in [4.78, 5) is 30.5. The summed E-state index contributed by atoms with van der Waals surface area (Å²) in [6, 6.07) is 9.81. The predicted octanol–water partition coefficient (Wildman–Crippen LogP) is 7.35. The van der Waals surface area contributed by atoms with Gasteiger partial charge in [0.05, 0.1) is 30.5 Å². The molecule has 2 aromatic carbocycles. The number of benzene rings is 2. The molecule has 2 fully saturated rings. The van der Waals surface area contributed by atoms with Crippen molar-refractivity contribution in [3.63, 3.8) is 0 Å². The van der Waals surface area contributed by atoms with Crippen LogP contribution in [0.5, 0.6) is 5.75 Å². The summed E-state index contributed by atoms with van der Waals surface area (Å²) in [7, 11) is 0. The van der Waals surface area contributed by atoms with E-state index in [0.717, 1.165) is 36.3 Å². The zero-order chi connectivity index (χ0) is 34.0. The number of aryl methyl sites for hydroxylation is 1. The molecule has 13 heteroatoms. The first-order chi connectivity index (χ1) is 21.5. The highest BCUT2D eigenvalue weighted by atomic mass is 32.1. The van der Waals surface area contributed by atoms with Crippen LogP contribution in [0.3, 0.4) is 0 Å². The number of carbonyl (C=O) groups excluding carboxylic acids is 2. The molecule has 0 radical (unpaired) electrons. The topological polar surface area (TPSA) is 86.1 Å². The van der Waals surface area contributed by atoms with E-state index in [-0.39, 0.29) is 18.2 Å². The number of alkyl halides is 4. The molecule has 0 aromatic heterocycles. The van der Waals surface area contributed by atoms with Crippen molar-refractivity contribution >= 4 is 36.0 Å². The SMILES string of the molecule is CC(C)(C)OC(=O)N1CCC(CCOc2ccc(N3C(S)N(c4ccc(C#N)c(C(F)(F)F)c4)C(=O)C3(C)C)cc2CCF)CC1. The number of halogens is 4. The van der Waals surface area contributed by atoms with Crippen LogP contribution >= 0.6 is 12.6 Å². The lowest BCUT2D eigenvalue weighted by molar-refractivity contribution is -0.137. The minimum atomic E-state index is -4.79. The van der Waals surface area contributed by atoms with Crippen LogP contribution in [0.1, 0.15) is 70.6 Å².